The minimum atomic E-state index is -0.0486. The van der Waals surface area contributed by atoms with E-state index in [0.29, 0.717) is 11.7 Å². The van der Waals surface area contributed by atoms with Crippen molar-refractivity contribution in [3.8, 4) is 0 Å². The number of likely N-dealkylation sites (tertiary alicyclic amines) is 1. The van der Waals surface area contributed by atoms with Crippen molar-refractivity contribution < 1.29 is 9.59 Å². The number of hydrogen-bond donors (Lipinski definition) is 2. The molecule has 0 radical (unpaired) electrons. The highest BCUT2D eigenvalue weighted by Gasteiger charge is 2.48. The van der Waals surface area contributed by atoms with E-state index < -0.39 is 0 Å². The van der Waals surface area contributed by atoms with E-state index in [1.54, 1.807) is 6.20 Å². The number of fused-ring (bicyclic) bond motifs is 2. The van der Waals surface area contributed by atoms with Gasteiger partial charge in [0.2, 0.25) is 5.91 Å². The van der Waals surface area contributed by atoms with Gasteiger partial charge in [-0.2, -0.15) is 0 Å². The van der Waals surface area contributed by atoms with Crippen LogP contribution in [0.1, 0.15) is 59.6 Å². The van der Waals surface area contributed by atoms with Gasteiger partial charge < -0.3 is 15.2 Å². The molecule has 1 aliphatic heterocycles. The summed E-state index contributed by atoms with van der Waals surface area (Å²) < 4.78 is 0. The first-order chi connectivity index (χ1) is 13.2. The molecule has 2 heterocycles. The molecule has 1 saturated heterocycles. The highest BCUT2D eigenvalue weighted by Crippen LogP contribution is 2.51. The molecule has 0 bridgehead atoms. The normalized spacial score (nSPS) is 23.3. The van der Waals surface area contributed by atoms with E-state index in [-0.39, 0.29) is 23.1 Å². The molecule has 5 nitrogen and oxygen atoms in total. The summed E-state index contributed by atoms with van der Waals surface area (Å²) in [6.45, 7) is 1.48. The summed E-state index contributed by atoms with van der Waals surface area (Å²) >= 11 is 0. The van der Waals surface area contributed by atoms with Gasteiger partial charge in [-0.1, -0.05) is 24.3 Å². The Morgan fingerprint density at radius 1 is 1.07 bits per heavy atom. The van der Waals surface area contributed by atoms with Gasteiger partial charge in [0.25, 0.3) is 5.91 Å². The van der Waals surface area contributed by atoms with Crippen LogP contribution in [-0.4, -0.2) is 40.8 Å². The number of aromatic nitrogens is 1. The third-order valence-electron chi connectivity index (χ3n) is 6.58. The van der Waals surface area contributed by atoms with Crippen LogP contribution < -0.4 is 5.32 Å². The maximum Gasteiger partial charge on any atom is 0.270 e. The largest absolute Gasteiger partial charge is 0.357 e. The van der Waals surface area contributed by atoms with Crippen LogP contribution in [-0.2, 0) is 10.2 Å². The second-order valence-corrected chi connectivity index (χ2v) is 8.28. The van der Waals surface area contributed by atoms with Crippen LogP contribution in [0.25, 0.3) is 0 Å². The monoisotopic (exact) mass is 363 g/mol. The van der Waals surface area contributed by atoms with Crippen LogP contribution in [0.3, 0.4) is 0 Å². The number of nitrogens with zero attached hydrogens (tertiary/aromatic N) is 1. The van der Waals surface area contributed by atoms with E-state index in [0.717, 1.165) is 45.2 Å². The lowest BCUT2D eigenvalue weighted by Gasteiger charge is -2.40. The van der Waals surface area contributed by atoms with Gasteiger partial charge in [-0.25, -0.2) is 0 Å². The van der Waals surface area contributed by atoms with Crippen molar-refractivity contribution in [2.45, 2.75) is 49.5 Å². The molecule has 3 aliphatic rings. The molecule has 1 atom stereocenters. The Morgan fingerprint density at radius 3 is 2.56 bits per heavy atom. The summed E-state index contributed by atoms with van der Waals surface area (Å²) in [5, 5.41) is 3.20. The highest BCUT2D eigenvalue weighted by atomic mass is 16.2. The summed E-state index contributed by atoms with van der Waals surface area (Å²) in [5.74, 6) is 0.211. The minimum Gasteiger partial charge on any atom is -0.357 e. The van der Waals surface area contributed by atoms with Gasteiger partial charge >= 0.3 is 0 Å². The van der Waals surface area contributed by atoms with Gasteiger partial charge in [0.15, 0.2) is 0 Å². The number of piperidine rings is 1. The summed E-state index contributed by atoms with van der Waals surface area (Å²) in [4.78, 5) is 30.4. The van der Waals surface area contributed by atoms with Crippen molar-refractivity contribution in [3.63, 3.8) is 0 Å². The Bertz CT molecular complexity index is 861. The quantitative estimate of drug-likeness (QED) is 0.881. The van der Waals surface area contributed by atoms with Gasteiger partial charge in [-0.05, 0) is 55.4 Å². The summed E-state index contributed by atoms with van der Waals surface area (Å²) in [6.07, 6.45) is 6.72. The smallest absolute Gasteiger partial charge is 0.270 e. The molecule has 2 aliphatic carbocycles. The molecule has 1 aromatic carbocycles. The molecule has 2 N–H and O–H groups in total. The number of nitrogens with one attached hydrogen (secondary N) is 2. The molecule has 140 valence electrons. The van der Waals surface area contributed by atoms with Crippen LogP contribution in [0.2, 0.25) is 0 Å². The van der Waals surface area contributed by atoms with Gasteiger partial charge in [0.1, 0.15) is 5.69 Å². The predicted molar refractivity (Wildman–Crippen MR) is 103 cm³/mol. The SMILES string of the molecule is O=C(NC1CC1)C1CC2(CCN(C(=O)c3ccc[nH]3)CC2)c2ccccc21. The van der Waals surface area contributed by atoms with Crippen molar-refractivity contribution in [2.75, 3.05) is 13.1 Å². The topological polar surface area (TPSA) is 65.2 Å². The van der Waals surface area contributed by atoms with E-state index in [1.807, 2.05) is 23.1 Å². The van der Waals surface area contributed by atoms with Crippen molar-refractivity contribution in [2.24, 2.45) is 0 Å². The highest BCUT2D eigenvalue weighted by molar-refractivity contribution is 5.92. The van der Waals surface area contributed by atoms with E-state index >= 15 is 0 Å². The summed E-state index contributed by atoms with van der Waals surface area (Å²) in [5.41, 5.74) is 3.20. The first kappa shape index (κ1) is 16.6. The molecular weight excluding hydrogens is 338 g/mol. The maximum atomic E-state index is 12.8. The summed E-state index contributed by atoms with van der Waals surface area (Å²) in [6, 6.07) is 12.5. The standard InChI is InChI=1S/C22H25N3O2/c26-20(24-15-7-8-15)17-14-22(18-5-2-1-4-16(17)18)9-12-25(13-10-22)21(27)19-6-3-11-23-19/h1-6,11,15,17,23H,7-10,12-14H2,(H,24,26). The number of amides is 2. The Labute approximate surface area is 159 Å². The number of hydrogen-bond acceptors (Lipinski definition) is 2. The van der Waals surface area contributed by atoms with Crippen LogP contribution in [0.5, 0.6) is 0 Å². The molecule has 1 saturated carbocycles. The van der Waals surface area contributed by atoms with Gasteiger partial charge in [0.05, 0.1) is 5.92 Å². The Balaban J connectivity index is 1.36. The van der Waals surface area contributed by atoms with Crippen LogP contribution >= 0.6 is 0 Å². The number of H-pyrrole nitrogens is 1. The fraction of sp³-hybridized carbons (Fsp3) is 0.455. The Morgan fingerprint density at radius 2 is 1.85 bits per heavy atom. The lowest BCUT2D eigenvalue weighted by Crippen LogP contribution is -2.44. The molecule has 2 fully saturated rings. The number of benzene rings is 1. The van der Waals surface area contributed by atoms with Gasteiger partial charge in [0, 0.05) is 30.7 Å². The molecule has 27 heavy (non-hydrogen) atoms. The molecular formula is C22H25N3O2. The minimum absolute atomic E-state index is 0.0225. The van der Waals surface area contributed by atoms with Crippen molar-refractivity contribution in [1.82, 2.24) is 15.2 Å². The average Bonchev–Trinajstić information content (AvgIpc) is 3.23. The second-order valence-electron chi connectivity index (χ2n) is 8.28. The fourth-order valence-corrected chi connectivity index (χ4v) is 4.90. The first-order valence-corrected chi connectivity index (χ1v) is 9.99. The van der Waals surface area contributed by atoms with E-state index in [2.05, 4.69) is 28.5 Å². The third-order valence-corrected chi connectivity index (χ3v) is 6.58. The zero-order valence-corrected chi connectivity index (χ0v) is 15.4. The molecule has 1 spiro atoms. The number of carbonyl (C=O) groups is 2. The lowest BCUT2D eigenvalue weighted by molar-refractivity contribution is -0.123. The second kappa shape index (κ2) is 6.25. The average molecular weight is 363 g/mol. The van der Waals surface area contributed by atoms with Gasteiger partial charge in [-0.15, -0.1) is 0 Å². The fourth-order valence-electron chi connectivity index (χ4n) is 4.90. The van der Waals surface area contributed by atoms with Crippen molar-refractivity contribution in [1.29, 1.82) is 0 Å². The van der Waals surface area contributed by atoms with E-state index in [9.17, 15) is 9.59 Å². The van der Waals surface area contributed by atoms with E-state index in [4.69, 9.17) is 0 Å². The zero-order valence-electron chi connectivity index (χ0n) is 15.4. The first-order valence-electron chi connectivity index (χ1n) is 9.99. The molecule has 5 heteroatoms. The predicted octanol–water partition coefficient (Wildman–Crippen LogP) is 2.95. The molecule has 2 amide bonds. The van der Waals surface area contributed by atoms with Crippen LogP contribution in [0.4, 0.5) is 0 Å². The third kappa shape index (κ3) is 2.85. The number of aromatic amines is 1. The van der Waals surface area contributed by atoms with Crippen LogP contribution in [0.15, 0.2) is 42.6 Å². The molecule has 1 aromatic heterocycles. The zero-order chi connectivity index (χ0) is 18.4. The maximum absolute atomic E-state index is 12.8. The number of carbonyl (C=O) groups excluding carboxylic acids is 2. The van der Waals surface area contributed by atoms with Crippen LogP contribution in [0, 0.1) is 0 Å². The molecule has 5 rings (SSSR count). The number of rotatable bonds is 3. The Hall–Kier alpha value is -2.56. The lowest BCUT2D eigenvalue weighted by atomic mass is 9.73. The molecule has 2 aromatic rings. The van der Waals surface area contributed by atoms with Crippen molar-refractivity contribution >= 4 is 11.8 Å². The molecule has 1 unspecified atom stereocenters. The van der Waals surface area contributed by atoms with E-state index in [1.165, 1.54) is 11.1 Å². The Kier molecular flexibility index (Phi) is 3.85. The van der Waals surface area contributed by atoms with Gasteiger partial charge in [-0.3, -0.25) is 9.59 Å². The van der Waals surface area contributed by atoms with Crippen molar-refractivity contribution in [3.05, 3.63) is 59.4 Å². The summed E-state index contributed by atoms with van der Waals surface area (Å²) in [7, 11) is 0.